The summed E-state index contributed by atoms with van der Waals surface area (Å²) in [7, 11) is 0. The third-order valence-corrected chi connectivity index (χ3v) is 4.16. The summed E-state index contributed by atoms with van der Waals surface area (Å²) in [5.41, 5.74) is 1.99. The summed E-state index contributed by atoms with van der Waals surface area (Å²) in [5, 5.41) is 5.54. The fourth-order valence-corrected chi connectivity index (χ4v) is 2.50. The second kappa shape index (κ2) is 10.6. The normalized spacial score (nSPS) is 12.8. The quantitative estimate of drug-likeness (QED) is 0.592. The highest BCUT2D eigenvalue weighted by molar-refractivity contribution is 7.81. The highest BCUT2D eigenvalue weighted by Crippen LogP contribution is 2.07. The van der Waals surface area contributed by atoms with Crippen molar-refractivity contribution in [2.45, 2.75) is 32.2 Å². The molecule has 0 fully saturated rings. The Hall–Kier alpha value is -2.31. The number of rotatable bonds is 9. The Morgan fingerprint density at radius 1 is 1.00 bits per heavy atom. The summed E-state index contributed by atoms with van der Waals surface area (Å²) in [4.78, 5) is 24.3. The Kier molecular flexibility index (Phi) is 8.18. The molecule has 2 rings (SSSR count). The summed E-state index contributed by atoms with van der Waals surface area (Å²) < 4.78 is 5.81. The number of hydrogen-bond donors (Lipinski definition) is 3. The maximum Gasteiger partial charge on any atom is 0.245 e. The molecule has 0 heterocycles. The molecule has 2 atom stereocenters. The number of ether oxygens (including phenoxy) is 1. The molecule has 6 heteroatoms. The van der Waals surface area contributed by atoms with E-state index < -0.39 is 12.1 Å². The van der Waals surface area contributed by atoms with Gasteiger partial charge in [-0.3, -0.25) is 9.59 Å². The summed E-state index contributed by atoms with van der Waals surface area (Å²) >= 11 is 3.96. The standard InChI is InChI=1S/C20H24N2O3S/c1-15(25-13-17-10-6-3-7-11-17)19(22-18(23)14-26)20(24)21-12-16-8-4-2-5-9-16/h2-11,15,19,26H,12-14H2,1H3,(H,21,24)(H,22,23)/t15?,19-/m0/s1. The third-order valence-electron chi connectivity index (χ3n) is 3.88. The van der Waals surface area contributed by atoms with Gasteiger partial charge in [0.15, 0.2) is 0 Å². The molecule has 2 aromatic rings. The molecule has 2 amide bonds. The smallest absolute Gasteiger partial charge is 0.245 e. The zero-order valence-electron chi connectivity index (χ0n) is 14.7. The molecule has 0 bridgehead atoms. The number of nitrogens with one attached hydrogen (secondary N) is 2. The van der Waals surface area contributed by atoms with Crippen molar-refractivity contribution in [3.8, 4) is 0 Å². The molecule has 0 aromatic heterocycles. The van der Waals surface area contributed by atoms with Gasteiger partial charge in [0.25, 0.3) is 0 Å². The van der Waals surface area contributed by atoms with E-state index in [1.807, 2.05) is 60.7 Å². The van der Waals surface area contributed by atoms with Crippen molar-refractivity contribution in [2.24, 2.45) is 0 Å². The second-order valence-corrected chi connectivity index (χ2v) is 6.22. The monoisotopic (exact) mass is 372 g/mol. The van der Waals surface area contributed by atoms with E-state index in [9.17, 15) is 9.59 Å². The number of thiol groups is 1. The van der Waals surface area contributed by atoms with Crippen LogP contribution in [0.25, 0.3) is 0 Å². The van der Waals surface area contributed by atoms with E-state index in [0.717, 1.165) is 11.1 Å². The van der Waals surface area contributed by atoms with E-state index in [1.165, 1.54) is 0 Å². The minimum atomic E-state index is -0.790. The first kappa shape index (κ1) is 20.0. The number of hydrogen-bond acceptors (Lipinski definition) is 4. The molecule has 26 heavy (non-hydrogen) atoms. The van der Waals surface area contributed by atoms with Crippen LogP contribution < -0.4 is 10.6 Å². The van der Waals surface area contributed by atoms with Gasteiger partial charge in [-0.15, -0.1) is 0 Å². The van der Waals surface area contributed by atoms with Crippen molar-refractivity contribution < 1.29 is 14.3 Å². The van der Waals surface area contributed by atoms with E-state index in [0.29, 0.717) is 13.2 Å². The van der Waals surface area contributed by atoms with Gasteiger partial charge in [-0.1, -0.05) is 60.7 Å². The van der Waals surface area contributed by atoms with E-state index in [2.05, 4.69) is 23.3 Å². The number of carbonyl (C=O) groups excluding carboxylic acids is 2. The molecule has 0 aliphatic rings. The van der Waals surface area contributed by atoms with Gasteiger partial charge in [-0.05, 0) is 18.1 Å². The lowest BCUT2D eigenvalue weighted by molar-refractivity contribution is -0.132. The minimum Gasteiger partial charge on any atom is -0.371 e. The number of benzene rings is 2. The average Bonchev–Trinajstić information content (AvgIpc) is 2.69. The molecule has 0 saturated carbocycles. The van der Waals surface area contributed by atoms with Gasteiger partial charge in [-0.2, -0.15) is 12.6 Å². The highest BCUT2D eigenvalue weighted by Gasteiger charge is 2.27. The molecular weight excluding hydrogens is 348 g/mol. The largest absolute Gasteiger partial charge is 0.371 e. The van der Waals surface area contributed by atoms with Gasteiger partial charge in [0.05, 0.1) is 18.5 Å². The molecule has 0 spiro atoms. The molecule has 138 valence electrons. The lowest BCUT2D eigenvalue weighted by atomic mass is 10.1. The molecule has 0 aliphatic heterocycles. The maximum atomic E-state index is 12.6. The van der Waals surface area contributed by atoms with Gasteiger partial charge in [0.1, 0.15) is 6.04 Å². The molecule has 0 aliphatic carbocycles. The van der Waals surface area contributed by atoms with Crippen LogP contribution in [-0.2, 0) is 27.5 Å². The van der Waals surface area contributed by atoms with Gasteiger partial charge in [-0.25, -0.2) is 0 Å². The summed E-state index contributed by atoms with van der Waals surface area (Å²) in [6, 6.07) is 18.5. The lowest BCUT2D eigenvalue weighted by Crippen LogP contribution is -2.53. The van der Waals surface area contributed by atoms with Crippen molar-refractivity contribution in [1.29, 1.82) is 0 Å². The SMILES string of the molecule is CC(OCc1ccccc1)[C@H](NC(=O)CS)C(=O)NCc1ccccc1. The minimum absolute atomic E-state index is 0.00781. The van der Waals surface area contributed by atoms with Crippen molar-refractivity contribution in [1.82, 2.24) is 10.6 Å². The fourth-order valence-electron chi connectivity index (χ4n) is 2.41. The Labute approximate surface area is 159 Å². The van der Waals surface area contributed by atoms with Crippen LogP contribution in [0, 0.1) is 0 Å². The Bertz CT molecular complexity index is 695. The van der Waals surface area contributed by atoms with Gasteiger partial charge < -0.3 is 15.4 Å². The first-order chi connectivity index (χ1) is 12.6. The topological polar surface area (TPSA) is 67.4 Å². The van der Waals surface area contributed by atoms with Crippen molar-refractivity contribution in [2.75, 3.05) is 5.75 Å². The predicted octanol–water partition coefficient (Wildman–Crippen LogP) is 2.32. The lowest BCUT2D eigenvalue weighted by Gasteiger charge is -2.24. The molecular formula is C20H24N2O3S. The van der Waals surface area contributed by atoms with Crippen molar-refractivity contribution in [3.05, 3.63) is 71.8 Å². The summed E-state index contributed by atoms with van der Waals surface area (Å²) in [5.74, 6) is -0.596. The number of carbonyl (C=O) groups is 2. The van der Waals surface area contributed by atoms with E-state index in [-0.39, 0.29) is 17.6 Å². The van der Waals surface area contributed by atoms with Crippen molar-refractivity contribution in [3.63, 3.8) is 0 Å². The highest BCUT2D eigenvalue weighted by atomic mass is 32.1. The molecule has 2 N–H and O–H groups in total. The number of amides is 2. The Morgan fingerprint density at radius 2 is 1.58 bits per heavy atom. The van der Waals surface area contributed by atoms with Crippen LogP contribution in [0.3, 0.4) is 0 Å². The van der Waals surface area contributed by atoms with Crippen LogP contribution in [-0.4, -0.2) is 29.7 Å². The fraction of sp³-hybridized carbons (Fsp3) is 0.300. The van der Waals surface area contributed by atoms with E-state index in [4.69, 9.17) is 4.74 Å². The van der Waals surface area contributed by atoms with E-state index in [1.54, 1.807) is 6.92 Å². The van der Waals surface area contributed by atoms with Crippen LogP contribution in [0.1, 0.15) is 18.1 Å². The van der Waals surface area contributed by atoms with Crippen LogP contribution in [0.5, 0.6) is 0 Å². The third kappa shape index (κ3) is 6.54. The first-order valence-electron chi connectivity index (χ1n) is 8.47. The molecule has 0 radical (unpaired) electrons. The molecule has 1 unspecified atom stereocenters. The van der Waals surface area contributed by atoms with Gasteiger partial charge >= 0.3 is 0 Å². The summed E-state index contributed by atoms with van der Waals surface area (Å²) in [6.45, 7) is 2.52. The zero-order valence-corrected chi connectivity index (χ0v) is 15.6. The summed E-state index contributed by atoms with van der Waals surface area (Å²) in [6.07, 6.45) is -0.491. The van der Waals surface area contributed by atoms with Gasteiger partial charge in [0.2, 0.25) is 11.8 Å². The van der Waals surface area contributed by atoms with Crippen LogP contribution in [0.15, 0.2) is 60.7 Å². The van der Waals surface area contributed by atoms with Crippen molar-refractivity contribution >= 4 is 24.4 Å². The average molecular weight is 372 g/mol. The predicted molar refractivity (Wildman–Crippen MR) is 105 cm³/mol. The van der Waals surface area contributed by atoms with Crippen LogP contribution in [0.4, 0.5) is 0 Å². The molecule has 0 saturated heterocycles. The van der Waals surface area contributed by atoms with Crippen LogP contribution >= 0.6 is 12.6 Å². The zero-order chi connectivity index (χ0) is 18.8. The van der Waals surface area contributed by atoms with Crippen LogP contribution in [0.2, 0.25) is 0 Å². The Balaban J connectivity index is 1.96. The first-order valence-corrected chi connectivity index (χ1v) is 9.10. The Morgan fingerprint density at radius 3 is 2.15 bits per heavy atom. The van der Waals surface area contributed by atoms with Gasteiger partial charge in [0, 0.05) is 6.54 Å². The molecule has 5 nitrogen and oxygen atoms in total. The second-order valence-electron chi connectivity index (χ2n) is 5.91. The maximum absolute atomic E-state index is 12.6. The van der Waals surface area contributed by atoms with E-state index >= 15 is 0 Å². The molecule has 2 aromatic carbocycles.